The molecule has 0 aliphatic heterocycles. The Morgan fingerprint density at radius 3 is 2.64 bits per heavy atom. The lowest BCUT2D eigenvalue weighted by Crippen LogP contribution is -2.27. The molecule has 1 heterocycles. The van der Waals surface area contributed by atoms with E-state index in [-0.39, 0.29) is 11.3 Å². The molecular weight excluding hydrogens is 359 g/mol. The third-order valence-electron chi connectivity index (χ3n) is 2.75. The molecule has 0 atom stereocenters. The number of pyridine rings is 1. The van der Waals surface area contributed by atoms with Crippen LogP contribution in [-0.4, -0.2) is 21.6 Å². The number of carbonyl (C=O) groups excluding carboxylic acids is 1. The van der Waals surface area contributed by atoms with E-state index in [1.807, 2.05) is 0 Å². The van der Waals surface area contributed by atoms with Gasteiger partial charge in [0.05, 0.1) is 11.3 Å². The number of aromatic carboxylic acids is 1. The fourth-order valence-corrected chi connectivity index (χ4v) is 2.05. The van der Waals surface area contributed by atoms with E-state index in [2.05, 4.69) is 21.2 Å². The molecule has 1 amide bonds. The Morgan fingerprint density at radius 2 is 2.00 bits per heavy atom. The molecule has 0 saturated heterocycles. The van der Waals surface area contributed by atoms with E-state index >= 15 is 0 Å². The number of carbonyl (C=O) groups is 2. The summed E-state index contributed by atoms with van der Waals surface area (Å²) in [6.07, 6.45) is 1.06. The lowest BCUT2D eigenvalue weighted by molar-refractivity contribution is -0.116. The number of carboxylic acid groups (broad SMARTS) is 1. The van der Waals surface area contributed by atoms with Gasteiger partial charge in [-0.3, -0.25) is 9.59 Å². The highest BCUT2D eigenvalue weighted by molar-refractivity contribution is 9.10. The maximum Gasteiger partial charge on any atom is 0.337 e. The number of amides is 1. The van der Waals surface area contributed by atoms with Crippen LogP contribution in [0.5, 0.6) is 0 Å². The molecule has 2 aromatic rings. The summed E-state index contributed by atoms with van der Waals surface area (Å²) in [5.74, 6) is -2.49. The predicted molar refractivity (Wildman–Crippen MR) is 80.4 cm³/mol. The average molecular weight is 369 g/mol. The normalized spacial score (nSPS) is 10.3. The van der Waals surface area contributed by atoms with Crippen molar-refractivity contribution in [1.29, 1.82) is 0 Å². The zero-order chi connectivity index (χ0) is 16.3. The molecule has 2 N–H and O–H groups in total. The molecule has 0 radical (unpaired) electrons. The van der Waals surface area contributed by atoms with Crippen molar-refractivity contribution >= 4 is 33.5 Å². The summed E-state index contributed by atoms with van der Waals surface area (Å²) >= 11 is 3.09. The number of anilines is 1. The molecule has 0 unspecified atom stereocenters. The molecule has 0 fully saturated rings. The number of nitrogens with zero attached hydrogens (tertiary/aromatic N) is 1. The molecular formula is C14H10BrFN2O4. The monoisotopic (exact) mass is 368 g/mol. The van der Waals surface area contributed by atoms with Crippen LogP contribution in [-0.2, 0) is 11.3 Å². The van der Waals surface area contributed by atoms with Crippen LogP contribution in [0.25, 0.3) is 0 Å². The largest absolute Gasteiger partial charge is 0.478 e. The van der Waals surface area contributed by atoms with E-state index in [4.69, 9.17) is 5.11 Å². The fourth-order valence-electron chi connectivity index (χ4n) is 1.72. The lowest BCUT2D eigenvalue weighted by Gasteiger charge is -2.09. The second-order valence-corrected chi connectivity index (χ2v) is 5.28. The van der Waals surface area contributed by atoms with Gasteiger partial charge in [-0.05, 0) is 24.3 Å². The summed E-state index contributed by atoms with van der Waals surface area (Å²) in [5, 5.41) is 11.2. The number of nitrogens with one attached hydrogen (secondary N) is 1. The Labute approximate surface area is 132 Å². The molecule has 8 heteroatoms. The van der Waals surface area contributed by atoms with Crippen LogP contribution in [0.4, 0.5) is 10.1 Å². The van der Waals surface area contributed by atoms with Crippen LogP contribution < -0.4 is 10.9 Å². The summed E-state index contributed by atoms with van der Waals surface area (Å²) in [4.78, 5) is 34.3. The third-order valence-corrected chi connectivity index (χ3v) is 3.24. The molecule has 0 aliphatic rings. The smallest absolute Gasteiger partial charge is 0.337 e. The first-order chi connectivity index (χ1) is 10.4. The summed E-state index contributed by atoms with van der Waals surface area (Å²) < 4.78 is 15.1. The van der Waals surface area contributed by atoms with Gasteiger partial charge in [0.15, 0.2) is 0 Å². The van der Waals surface area contributed by atoms with Crippen molar-refractivity contribution in [1.82, 2.24) is 4.57 Å². The maximum atomic E-state index is 13.6. The average Bonchev–Trinajstić information content (AvgIpc) is 2.44. The number of aromatic nitrogens is 1. The van der Waals surface area contributed by atoms with Crippen molar-refractivity contribution in [3.8, 4) is 0 Å². The number of hydrogen-bond acceptors (Lipinski definition) is 3. The van der Waals surface area contributed by atoms with Crippen molar-refractivity contribution in [2.24, 2.45) is 0 Å². The van der Waals surface area contributed by atoms with E-state index in [0.717, 1.165) is 22.9 Å². The first kappa shape index (κ1) is 15.9. The van der Waals surface area contributed by atoms with E-state index < -0.39 is 29.8 Å². The molecule has 1 aromatic heterocycles. The molecule has 1 aromatic carbocycles. The van der Waals surface area contributed by atoms with Crippen LogP contribution >= 0.6 is 15.9 Å². The Morgan fingerprint density at radius 1 is 1.27 bits per heavy atom. The van der Waals surface area contributed by atoms with Gasteiger partial charge in [-0.15, -0.1) is 0 Å². The Bertz CT molecular complexity index is 804. The van der Waals surface area contributed by atoms with Crippen LogP contribution in [0, 0.1) is 5.82 Å². The van der Waals surface area contributed by atoms with Gasteiger partial charge in [-0.1, -0.05) is 15.9 Å². The van der Waals surface area contributed by atoms with Gasteiger partial charge < -0.3 is 15.0 Å². The first-order valence-corrected chi connectivity index (χ1v) is 6.85. The maximum absolute atomic E-state index is 13.6. The van der Waals surface area contributed by atoms with Gasteiger partial charge in [0, 0.05) is 16.7 Å². The Kier molecular flexibility index (Phi) is 4.71. The van der Waals surface area contributed by atoms with Gasteiger partial charge in [-0.25, -0.2) is 9.18 Å². The lowest BCUT2D eigenvalue weighted by atomic mass is 10.3. The molecule has 6 nitrogen and oxygen atoms in total. The molecule has 0 bridgehead atoms. The van der Waals surface area contributed by atoms with E-state index in [0.29, 0.717) is 4.47 Å². The van der Waals surface area contributed by atoms with Gasteiger partial charge >= 0.3 is 5.97 Å². The van der Waals surface area contributed by atoms with Crippen LogP contribution in [0.15, 0.2) is 45.8 Å². The summed E-state index contributed by atoms with van der Waals surface area (Å²) in [6, 6.07) is 6.31. The first-order valence-electron chi connectivity index (χ1n) is 6.05. The second kappa shape index (κ2) is 6.52. The number of carboxylic acids is 1. The number of hydrogen-bond donors (Lipinski definition) is 2. The SMILES string of the molecule is O=C(Cn1cc(C(=O)O)ccc1=O)Nc1ccc(Br)cc1F. The molecule has 0 saturated carbocycles. The van der Waals surface area contributed by atoms with Gasteiger partial charge in [-0.2, -0.15) is 0 Å². The Hall–Kier alpha value is -2.48. The number of halogens is 2. The summed E-state index contributed by atoms with van der Waals surface area (Å²) in [6.45, 7) is -0.421. The molecule has 0 spiro atoms. The van der Waals surface area contributed by atoms with Gasteiger partial charge in [0.2, 0.25) is 5.91 Å². The van der Waals surface area contributed by atoms with Crippen molar-refractivity contribution in [3.05, 3.63) is 62.7 Å². The molecule has 114 valence electrons. The minimum atomic E-state index is -1.21. The minimum Gasteiger partial charge on any atom is -0.478 e. The standard InChI is InChI=1S/C14H10BrFN2O4/c15-9-2-3-11(10(16)5-9)17-12(19)7-18-6-8(14(21)22)1-4-13(18)20/h1-6H,7H2,(H,17,19)(H,21,22). The second-order valence-electron chi connectivity index (χ2n) is 4.36. The van der Waals surface area contributed by atoms with Gasteiger partial charge in [0.25, 0.3) is 5.56 Å². The van der Waals surface area contributed by atoms with Crippen molar-refractivity contribution in [2.45, 2.75) is 6.54 Å². The minimum absolute atomic E-state index is 0.0318. The Balaban J connectivity index is 2.17. The zero-order valence-electron chi connectivity index (χ0n) is 11.0. The summed E-state index contributed by atoms with van der Waals surface area (Å²) in [5.41, 5.74) is -0.686. The van der Waals surface area contributed by atoms with Crippen LogP contribution in [0.3, 0.4) is 0 Å². The molecule has 22 heavy (non-hydrogen) atoms. The predicted octanol–water partition coefficient (Wildman–Crippen LogP) is 2.09. The fraction of sp³-hybridized carbons (Fsp3) is 0.0714. The number of benzene rings is 1. The molecule has 2 rings (SSSR count). The van der Waals surface area contributed by atoms with Crippen LogP contribution in [0.1, 0.15) is 10.4 Å². The highest BCUT2D eigenvalue weighted by Gasteiger charge is 2.11. The quantitative estimate of drug-likeness (QED) is 0.864. The topological polar surface area (TPSA) is 88.4 Å². The zero-order valence-corrected chi connectivity index (χ0v) is 12.6. The van der Waals surface area contributed by atoms with E-state index in [1.54, 1.807) is 6.07 Å². The van der Waals surface area contributed by atoms with E-state index in [9.17, 15) is 18.8 Å². The highest BCUT2D eigenvalue weighted by Crippen LogP contribution is 2.19. The molecule has 0 aliphatic carbocycles. The van der Waals surface area contributed by atoms with Crippen molar-refractivity contribution < 1.29 is 19.1 Å². The van der Waals surface area contributed by atoms with Gasteiger partial charge in [0.1, 0.15) is 12.4 Å². The van der Waals surface area contributed by atoms with Crippen molar-refractivity contribution in [2.75, 3.05) is 5.32 Å². The number of rotatable bonds is 4. The summed E-state index contributed by atoms with van der Waals surface area (Å²) in [7, 11) is 0. The van der Waals surface area contributed by atoms with Crippen molar-refractivity contribution in [3.63, 3.8) is 0 Å². The van der Waals surface area contributed by atoms with Crippen LogP contribution in [0.2, 0.25) is 0 Å². The third kappa shape index (κ3) is 3.79. The highest BCUT2D eigenvalue weighted by atomic mass is 79.9. The van der Waals surface area contributed by atoms with E-state index in [1.165, 1.54) is 12.1 Å².